The normalized spacial score (nSPS) is 14.8. The molecule has 0 fully saturated rings. The van der Waals surface area contributed by atoms with Crippen molar-refractivity contribution < 1.29 is 14.3 Å². The molecule has 4 nitrogen and oxygen atoms in total. The molecule has 0 aromatic carbocycles. The van der Waals surface area contributed by atoms with Crippen molar-refractivity contribution in [3.05, 3.63) is 0 Å². The molecule has 108 valence electrons. The summed E-state index contributed by atoms with van der Waals surface area (Å²) in [6, 6.07) is 0. The van der Waals surface area contributed by atoms with E-state index in [1.807, 2.05) is 20.8 Å². The molecule has 0 saturated heterocycles. The molecule has 0 aliphatic carbocycles. The minimum absolute atomic E-state index is 0.0329. The van der Waals surface area contributed by atoms with Crippen molar-refractivity contribution in [2.45, 2.75) is 45.6 Å². The lowest BCUT2D eigenvalue weighted by molar-refractivity contribution is -0.132. The molecule has 0 aromatic heterocycles. The van der Waals surface area contributed by atoms with Crippen LogP contribution in [-0.2, 0) is 14.3 Å². The number of hydrogen-bond donors (Lipinski definition) is 2. The zero-order chi connectivity index (χ0) is 14.0. The predicted octanol–water partition coefficient (Wildman–Crippen LogP) is 1.89. The molecule has 0 aromatic rings. The molecule has 0 radical (unpaired) electrons. The third-order valence-electron chi connectivity index (χ3n) is 2.46. The number of carbonyl (C=O) groups is 1. The highest BCUT2D eigenvalue weighted by molar-refractivity contribution is 7.80. The van der Waals surface area contributed by atoms with Crippen molar-refractivity contribution >= 4 is 18.4 Å². The second-order valence-electron chi connectivity index (χ2n) is 4.67. The molecular formula is C13H27NO3S. The molecule has 0 spiro atoms. The Bertz CT molecular complexity index is 222. The fraction of sp³-hybridized carbons (Fsp3) is 0.923. The molecule has 0 heterocycles. The van der Waals surface area contributed by atoms with Gasteiger partial charge in [0.2, 0.25) is 0 Å². The highest BCUT2D eigenvalue weighted by Crippen LogP contribution is 2.03. The minimum atomic E-state index is -0.309. The van der Waals surface area contributed by atoms with Gasteiger partial charge in [-0.3, -0.25) is 4.79 Å². The molecule has 5 heteroatoms. The maximum absolute atomic E-state index is 11.5. The van der Waals surface area contributed by atoms with Gasteiger partial charge < -0.3 is 14.8 Å². The number of thiol groups is 1. The van der Waals surface area contributed by atoms with Crippen LogP contribution in [0.2, 0.25) is 0 Å². The topological polar surface area (TPSA) is 47.6 Å². The van der Waals surface area contributed by atoms with Gasteiger partial charge in [0.25, 0.3) is 0 Å². The highest BCUT2D eigenvalue weighted by atomic mass is 32.1. The Hall–Kier alpha value is -0.100. The zero-order valence-electron chi connectivity index (χ0n) is 11.9. The maximum Gasteiger partial charge on any atom is 0.163 e. The van der Waals surface area contributed by atoms with Gasteiger partial charge in [0.1, 0.15) is 6.10 Å². The smallest absolute Gasteiger partial charge is 0.163 e. The van der Waals surface area contributed by atoms with Crippen molar-refractivity contribution in [3.8, 4) is 0 Å². The van der Waals surface area contributed by atoms with Gasteiger partial charge in [0, 0.05) is 31.1 Å². The zero-order valence-corrected chi connectivity index (χ0v) is 12.8. The van der Waals surface area contributed by atoms with Crippen LogP contribution in [-0.4, -0.2) is 43.6 Å². The average molecular weight is 277 g/mol. The van der Waals surface area contributed by atoms with E-state index in [1.165, 1.54) is 0 Å². The van der Waals surface area contributed by atoms with Crippen LogP contribution in [0.5, 0.6) is 0 Å². The van der Waals surface area contributed by atoms with Crippen LogP contribution in [0.25, 0.3) is 0 Å². The van der Waals surface area contributed by atoms with E-state index in [1.54, 1.807) is 6.92 Å². The molecule has 0 aliphatic heterocycles. The van der Waals surface area contributed by atoms with Gasteiger partial charge in [-0.15, -0.1) is 0 Å². The molecule has 2 atom stereocenters. The fourth-order valence-electron chi connectivity index (χ4n) is 1.41. The molecule has 18 heavy (non-hydrogen) atoms. The summed E-state index contributed by atoms with van der Waals surface area (Å²) < 4.78 is 10.9. The first-order valence-corrected chi connectivity index (χ1v) is 7.11. The van der Waals surface area contributed by atoms with E-state index in [0.29, 0.717) is 19.8 Å². The Morgan fingerprint density at radius 1 is 1.17 bits per heavy atom. The quantitative estimate of drug-likeness (QED) is 0.344. The van der Waals surface area contributed by atoms with E-state index in [9.17, 15) is 4.79 Å². The number of rotatable bonds is 11. The van der Waals surface area contributed by atoms with Crippen LogP contribution in [0, 0.1) is 5.92 Å². The SMILES string of the molecule is CC(S)NCCOCCCO[C@@H](C)C(=O)C(C)C. The van der Waals surface area contributed by atoms with Crippen LogP contribution in [0.1, 0.15) is 34.1 Å². The monoisotopic (exact) mass is 277 g/mol. The summed E-state index contributed by atoms with van der Waals surface area (Å²) >= 11 is 4.20. The summed E-state index contributed by atoms with van der Waals surface area (Å²) in [7, 11) is 0. The van der Waals surface area contributed by atoms with Gasteiger partial charge in [-0.25, -0.2) is 0 Å². The van der Waals surface area contributed by atoms with E-state index in [0.717, 1.165) is 13.0 Å². The van der Waals surface area contributed by atoms with Gasteiger partial charge in [0.05, 0.1) is 6.61 Å². The molecular weight excluding hydrogens is 250 g/mol. The second-order valence-corrected chi connectivity index (χ2v) is 5.44. The lowest BCUT2D eigenvalue weighted by Gasteiger charge is -2.14. The maximum atomic E-state index is 11.5. The Balaban J connectivity index is 3.33. The Morgan fingerprint density at radius 2 is 1.83 bits per heavy atom. The lowest BCUT2D eigenvalue weighted by Crippen LogP contribution is -2.26. The number of nitrogens with one attached hydrogen (secondary N) is 1. The van der Waals surface area contributed by atoms with Crippen molar-refractivity contribution in [1.82, 2.24) is 5.32 Å². The lowest BCUT2D eigenvalue weighted by atomic mass is 10.1. The van der Waals surface area contributed by atoms with Crippen molar-refractivity contribution in [3.63, 3.8) is 0 Å². The van der Waals surface area contributed by atoms with E-state index in [2.05, 4.69) is 17.9 Å². The fourth-order valence-corrected chi connectivity index (χ4v) is 1.54. The standard InChI is InChI=1S/C13H27NO3S/c1-10(2)13(15)11(3)17-8-5-7-16-9-6-14-12(4)18/h10-12,14,18H,5-9H2,1-4H3/t11-,12?/m0/s1. The summed E-state index contributed by atoms with van der Waals surface area (Å²) in [6.07, 6.45) is 0.503. The van der Waals surface area contributed by atoms with Gasteiger partial charge in [-0.2, -0.15) is 12.6 Å². The van der Waals surface area contributed by atoms with Crippen LogP contribution >= 0.6 is 12.6 Å². The van der Waals surface area contributed by atoms with Crippen LogP contribution in [0.4, 0.5) is 0 Å². The number of hydrogen-bond acceptors (Lipinski definition) is 5. The first kappa shape index (κ1) is 17.9. The summed E-state index contributed by atoms with van der Waals surface area (Å²) in [4.78, 5) is 11.5. The first-order valence-electron chi connectivity index (χ1n) is 6.59. The van der Waals surface area contributed by atoms with E-state index in [-0.39, 0.29) is 23.2 Å². The molecule has 0 saturated carbocycles. The third-order valence-corrected chi connectivity index (χ3v) is 2.64. The summed E-state index contributed by atoms with van der Waals surface area (Å²) in [5, 5.41) is 3.34. The van der Waals surface area contributed by atoms with Crippen LogP contribution in [0.3, 0.4) is 0 Å². The summed E-state index contributed by atoms with van der Waals surface area (Å²) in [5.41, 5.74) is 0. The number of ether oxygens (including phenoxy) is 2. The van der Waals surface area contributed by atoms with Crippen molar-refractivity contribution in [2.75, 3.05) is 26.4 Å². The molecule has 0 rings (SSSR count). The Kier molecular flexibility index (Phi) is 10.7. The number of carbonyl (C=O) groups excluding carboxylic acids is 1. The first-order chi connectivity index (χ1) is 8.45. The number of Topliss-reactive ketones (excluding diaryl/α,β-unsaturated/α-hetero) is 1. The third kappa shape index (κ3) is 9.88. The number of ketones is 1. The van der Waals surface area contributed by atoms with Gasteiger partial charge >= 0.3 is 0 Å². The van der Waals surface area contributed by atoms with Crippen LogP contribution < -0.4 is 5.32 Å². The predicted molar refractivity (Wildman–Crippen MR) is 77.1 cm³/mol. The van der Waals surface area contributed by atoms with E-state index < -0.39 is 0 Å². The van der Waals surface area contributed by atoms with Crippen molar-refractivity contribution in [1.29, 1.82) is 0 Å². The molecule has 0 amide bonds. The molecule has 0 bridgehead atoms. The Labute approximate surface area is 116 Å². The van der Waals surface area contributed by atoms with E-state index in [4.69, 9.17) is 9.47 Å². The molecule has 1 N–H and O–H groups in total. The average Bonchev–Trinajstić information content (AvgIpc) is 2.30. The molecule has 0 aliphatic rings. The summed E-state index contributed by atoms with van der Waals surface area (Å²) in [6.45, 7) is 10.3. The second kappa shape index (κ2) is 10.8. The van der Waals surface area contributed by atoms with Gasteiger partial charge in [-0.05, 0) is 20.3 Å². The van der Waals surface area contributed by atoms with E-state index >= 15 is 0 Å². The summed E-state index contributed by atoms with van der Waals surface area (Å²) in [5.74, 6) is 0.188. The largest absolute Gasteiger partial charge is 0.380 e. The minimum Gasteiger partial charge on any atom is -0.380 e. The Morgan fingerprint density at radius 3 is 2.39 bits per heavy atom. The van der Waals surface area contributed by atoms with Gasteiger partial charge in [-0.1, -0.05) is 13.8 Å². The highest BCUT2D eigenvalue weighted by Gasteiger charge is 2.16. The van der Waals surface area contributed by atoms with Crippen molar-refractivity contribution in [2.24, 2.45) is 5.92 Å². The van der Waals surface area contributed by atoms with Crippen LogP contribution in [0.15, 0.2) is 0 Å². The van der Waals surface area contributed by atoms with Gasteiger partial charge in [0.15, 0.2) is 5.78 Å². The molecule has 1 unspecified atom stereocenters.